The van der Waals surface area contributed by atoms with Gasteiger partial charge in [0.2, 0.25) is 11.7 Å². The van der Waals surface area contributed by atoms with Gasteiger partial charge < -0.3 is 9.26 Å². The molecule has 0 N–H and O–H groups in total. The van der Waals surface area contributed by atoms with Gasteiger partial charge in [0, 0.05) is 12.6 Å². The molecule has 1 amide bonds. The standard InChI is InChI=1S/C16H15FNO7P/c17-11-8-18(15(20)6-12(11)19)16-7-13-14(23-16)9-22-26(21,25-13)24-10-4-2-1-3-5-10/h1-5,8,13-14,16H,6-7,9H2/t13-,14+,16+,26?/m0/s1. The van der Waals surface area contributed by atoms with E-state index in [4.69, 9.17) is 18.3 Å². The predicted molar refractivity (Wildman–Crippen MR) is 84.4 cm³/mol. The van der Waals surface area contributed by atoms with E-state index in [-0.39, 0.29) is 13.0 Å². The molecular weight excluding hydrogens is 368 g/mol. The molecular formula is C16H15FNO7P. The molecule has 0 radical (unpaired) electrons. The first kappa shape index (κ1) is 17.4. The number of para-hydroxylation sites is 1. The summed E-state index contributed by atoms with van der Waals surface area (Å²) < 4.78 is 47.9. The van der Waals surface area contributed by atoms with Crippen LogP contribution in [-0.2, 0) is 27.9 Å². The van der Waals surface area contributed by atoms with Crippen LogP contribution >= 0.6 is 7.82 Å². The van der Waals surface area contributed by atoms with Crippen molar-refractivity contribution in [2.45, 2.75) is 31.3 Å². The summed E-state index contributed by atoms with van der Waals surface area (Å²) >= 11 is 0. The maximum atomic E-state index is 13.5. The summed E-state index contributed by atoms with van der Waals surface area (Å²) in [4.78, 5) is 24.2. The molecule has 4 rings (SSSR count). The van der Waals surface area contributed by atoms with Crippen molar-refractivity contribution in [3.05, 3.63) is 42.4 Å². The van der Waals surface area contributed by atoms with E-state index in [2.05, 4.69) is 0 Å². The van der Waals surface area contributed by atoms with E-state index in [0.717, 1.165) is 11.1 Å². The zero-order valence-electron chi connectivity index (χ0n) is 13.4. The third kappa shape index (κ3) is 3.31. The third-order valence-corrected chi connectivity index (χ3v) is 5.66. The SMILES string of the molecule is O=C1CC(=O)N([C@H]2C[C@@H]3OP(=O)(Oc4ccccc4)OC[C@H]3O2)C=C1F. The van der Waals surface area contributed by atoms with Crippen molar-refractivity contribution >= 4 is 19.5 Å². The van der Waals surface area contributed by atoms with Gasteiger partial charge in [-0.15, -0.1) is 0 Å². The number of carbonyl (C=O) groups is 2. The Balaban J connectivity index is 1.46. The zero-order valence-corrected chi connectivity index (χ0v) is 14.3. The molecule has 138 valence electrons. The van der Waals surface area contributed by atoms with Gasteiger partial charge in [-0.1, -0.05) is 18.2 Å². The Morgan fingerprint density at radius 3 is 2.73 bits per heavy atom. The highest BCUT2D eigenvalue weighted by atomic mass is 31.2. The first-order chi connectivity index (χ1) is 12.4. The number of rotatable bonds is 3. The number of benzene rings is 1. The molecule has 0 spiro atoms. The lowest BCUT2D eigenvalue weighted by Gasteiger charge is -2.29. The Morgan fingerprint density at radius 1 is 1.19 bits per heavy atom. The molecule has 26 heavy (non-hydrogen) atoms. The molecule has 4 atom stereocenters. The van der Waals surface area contributed by atoms with Crippen LogP contribution in [0.2, 0.25) is 0 Å². The van der Waals surface area contributed by atoms with Crippen LogP contribution in [0.25, 0.3) is 0 Å². The van der Waals surface area contributed by atoms with Crippen molar-refractivity contribution in [1.29, 1.82) is 0 Å². The number of ether oxygens (including phenoxy) is 1. The zero-order chi connectivity index (χ0) is 18.3. The second-order valence-corrected chi connectivity index (χ2v) is 7.58. The van der Waals surface area contributed by atoms with Crippen molar-refractivity contribution < 1.29 is 36.9 Å². The third-order valence-electron chi connectivity index (χ3n) is 4.23. The van der Waals surface area contributed by atoms with Crippen LogP contribution in [-0.4, -0.2) is 41.6 Å². The molecule has 3 heterocycles. The number of phosphoric acid groups is 1. The van der Waals surface area contributed by atoms with Gasteiger partial charge in [-0.05, 0) is 12.1 Å². The second-order valence-electron chi connectivity index (χ2n) is 6.03. The lowest BCUT2D eigenvalue weighted by Crippen LogP contribution is -2.40. The summed E-state index contributed by atoms with van der Waals surface area (Å²) in [5.41, 5.74) is 0. The van der Waals surface area contributed by atoms with Gasteiger partial charge in [-0.25, -0.2) is 8.96 Å². The van der Waals surface area contributed by atoms with E-state index in [1.165, 1.54) is 0 Å². The Bertz CT molecular complexity index is 814. The van der Waals surface area contributed by atoms with Crippen molar-refractivity contribution in [3.8, 4) is 5.75 Å². The van der Waals surface area contributed by atoms with Gasteiger partial charge in [0.25, 0.3) is 0 Å². The van der Waals surface area contributed by atoms with Crippen molar-refractivity contribution in [2.24, 2.45) is 0 Å². The molecule has 1 unspecified atom stereocenters. The first-order valence-electron chi connectivity index (χ1n) is 7.98. The van der Waals surface area contributed by atoms with E-state index in [1.807, 2.05) is 0 Å². The van der Waals surface area contributed by atoms with Gasteiger partial charge in [0.05, 0.1) is 13.0 Å². The molecule has 3 aliphatic rings. The topological polar surface area (TPSA) is 91.4 Å². The smallest absolute Gasteiger partial charge is 0.404 e. The van der Waals surface area contributed by atoms with E-state index < -0.39 is 50.2 Å². The quantitative estimate of drug-likeness (QED) is 0.584. The normalized spacial score (nSPS) is 34.4. The molecule has 0 aliphatic carbocycles. The number of hydrogen-bond acceptors (Lipinski definition) is 7. The minimum absolute atomic E-state index is 0.0571. The molecule has 0 bridgehead atoms. The fourth-order valence-corrected chi connectivity index (χ4v) is 4.39. The minimum atomic E-state index is -3.84. The summed E-state index contributed by atoms with van der Waals surface area (Å²) in [6, 6.07) is 8.44. The maximum absolute atomic E-state index is 13.5. The van der Waals surface area contributed by atoms with Crippen molar-refractivity contribution in [2.75, 3.05) is 6.61 Å². The average Bonchev–Trinajstić information content (AvgIpc) is 3.01. The Morgan fingerprint density at radius 2 is 1.96 bits per heavy atom. The fraction of sp³-hybridized carbons (Fsp3) is 0.375. The highest BCUT2D eigenvalue weighted by molar-refractivity contribution is 7.49. The number of allylic oxidation sites excluding steroid dienone is 1. The Labute approximate surface area is 148 Å². The van der Waals surface area contributed by atoms with Gasteiger partial charge in [0.1, 0.15) is 24.2 Å². The lowest BCUT2D eigenvalue weighted by molar-refractivity contribution is -0.145. The molecule has 0 aromatic heterocycles. The van der Waals surface area contributed by atoms with E-state index >= 15 is 0 Å². The summed E-state index contributed by atoms with van der Waals surface area (Å²) in [6.45, 7) is -0.0571. The predicted octanol–water partition coefficient (Wildman–Crippen LogP) is 2.32. The number of halogens is 1. The van der Waals surface area contributed by atoms with E-state index in [9.17, 15) is 18.5 Å². The average molecular weight is 383 g/mol. The molecule has 1 aromatic carbocycles. The highest BCUT2D eigenvalue weighted by Crippen LogP contribution is 2.55. The maximum Gasteiger partial charge on any atom is 0.530 e. The molecule has 8 nitrogen and oxygen atoms in total. The Hall–Kier alpha value is -2.06. The molecule has 0 saturated carbocycles. The van der Waals surface area contributed by atoms with Crippen molar-refractivity contribution in [3.63, 3.8) is 0 Å². The van der Waals surface area contributed by atoms with Gasteiger partial charge >= 0.3 is 7.82 Å². The molecule has 3 aliphatic heterocycles. The number of ketones is 1. The van der Waals surface area contributed by atoms with Crippen LogP contribution in [0, 0.1) is 0 Å². The summed E-state index contributed by atoms with van der Waals surface area (Å²) in [5, 5.41) is 0. The van der Waals surface area contributed by atoms with Crippen LogP contribution < -0.4 is 4.52 Å². The lowest BCUT2D eigenvalue weighted by atomic mass is 10.1. The summed E-state index contributed by atoms with van der Waals surface area (Å²) in [5.74, 6) is -2.09. The monoisotopic (exact) mass is 383 g/mol. The molecule has 1 aromatic rings. The molecule has 2 saturated heterocycles. The van der Waals surface area contributed by atoms with Gasteiger partial charge in [0.15, 0.2) is 5.83 Å². The number of carbonyl (C=O) groups excluding carboxylic acids is 2. The van der Waals surface area contributed by atoms with Crippen LogP contribution in [0.3, 0.4) is 0 Å². The highest BCUT2D eigenvalue weighted by Gasteiger charge is 2.50. The van der Waals surface area contributed by atoms with Crippen LogP contribution in [0.5, 0.6) is 5.75 Å². The number of fused-ring (bicyclic) bond motifs is 1. The number of Topliss-reactive ketones (excluding diaryl/α,β-unsaturated/α-hetero) is 1. The van der Waals surface area contributed by atoms with Crippen LogP contribution in [0.1, 0.15) is 12.8 Å². The number of amides is 1. The van der Waals surface area contributed by atoms with E-state index in [0.29, 0.717) is 5.75 Å². The summed E-state index contributed by atoms with van der Waals surface area (Å²) in [7, 11) is -3.84. The fourth-order valence-electron chi connectivity index (χ4n) is 2.97. The molecule has 10 heteroatoms. The van der Waals surface area contributed by atoms with Gasteiger partial charge in [-0.2, -0.15) is 0 Å². The van der Waals surface area contributed by atoms with Crippen LogP contribution in [0.15, 0.2) is 42.4 Å². The van der Waals surface area contributed by atoms with Crippen LogP contribution in [0.4, 0.5) is 4.39 Å². The summed E-state index contributed by atoms with van der Waals surface area (Å²) in [6.07, 6.45) is -1.63. The second kappa shape index (κ2) is 6.59. The first-order valence-corrected chi connectivity index (χ1v) is 9.44. The number of nitrogens with zero attached hydrogens (tertiary/aromatic N) is 1. The largest absolute Gasteiger partial charge is 0.530 e. The minimum Gasteiger partial charge on any atom is -0.404 e. The molecule has 2 fully saturated rings. The Kier molecular flexibility index (Phi) is 4.40. The number of hydrogen-bond donors (Lipinski definition) is 0. The number of phosphoric ester groups is 1. The van der Waals surface area contributed by atoms with Gasteiger partial charge in [-0.3, -0.25) is 23.5 Å². The van der Waals surface area contributed by atoms with Crippen molar-refractivity contribution in [1.82, 2.24) is 4.90 Å². The van der Waals surface area contributed by atoms with E-state index in [1.54, 1.807) is 30.3 Å².